The molecule has 142 valence electrons. The van der Waals surface area contributed by atoms with Crippen LogP contribution in [0.1, 0.15) is 39.5 Å². The van der Waals surface area contributed by atoms with Gasteiger partial charge in [-0.3, -0.25) is 4.90 Å². The zero-order valence-corrected chi connectivity index (χ0v) is 16.4. The van der Waals surface area contributed by atoms with Crippen LogP contribution in [0.25, 0.3) is 0 Å². The molecule has 1 aromatic rings. The predicted octanol–water partition coefficient (Wildman–Crippen LogP) is 2.64. The van der Waals surface area contributed by atoms with Gasteiger partial charge in [-0.25, -0.2) is 13.1 Å². The number of rotatable bonds is 8. The zero-order chi connectivity index (χ0) is 18.4. The van der Waals surface area contributed by atoms with Crippen LogP contribution in [0.15, 0.2) is 23.1 Å². The van der Waals surface area contributed by atoms with Gasteiger partial charge in [-0.2, -0.15) is 0 Å². The lowest BCUT2D eigenvalue weighted by Gasteiger charge is -2.39. The van der Waals surface area contributed by atoms with Crippen molar-refractivity contribution in [1.29, 1.82) is 0 Å². The number of benzene rings is 1. The second kappa shape index (κ2) is 8.87. The van der Waals surface area contributed by atoms with Gasteiger partial charge in [0.25, 0.3) is 0 Å². The molecule has 0 spiro atoms. The summed E-state index contributed by atoms with van der Waals surface area (Å²) in [5.41, 5.74) is 0. The summed E-state index contributed by atoms with van der Waals surface area (Å²) in [7, 11) is -0.710. The molecule has 1 saturated heterocycles. The summed E-state index contributed by atoms with van der Waals surface area (Å²) in [6.45, 7) is 5.81. The Morgan fingerprint density at radius 3 is 2.44 bits per heavy atom. The fraction of sp³-hybridized carbons (Fsp3) is 0.667. The molecule has 2 atom stereocenters. The number of sulfonamides is 1. The van der Waals surface area contributed by atoms with E-state index in [-0.39, 0.29) is 10.6 Å². The van der Waals surface area contributed by atoms with Gasteiger partial charge in [0.15, 0.2) is 11.5 Å². The minimum Gasteiger partial charge on any atom is -0.493 e. The van der Waals surface area contributed by atoms with Gasteiger partial charge >= 0.3 is 0 Å². The van der Waals surface area contributed by atoms with Crippen molar-refractivity contribution in [2.24, 2.45) is 0 Å². The van der Waals surface area contributed by atoms with Crippen molar-refractivity contribution in [3.8, 4) is 11.5 Å². The molecule has 0 bridgehead atoms. The summed E-state index contributed by atoms with van der Waals surface area (Å²) >= 11 is 0. The first-order valence-electron chi connectivity index (χ1n) is 8.87. The third-order valence-electron chi connectivity index (χ3n) is 4.92. The first-order valence-corrected chi connectivity index (χ1v) is 10.4. The van der Waals surface area contributed by atoms with Crippen LogP contribution in [0.5, 0.6) is 11.5 Å². The molecule has 1 aliphatic heterocycles. The highest BCUT2D eigenvalue weighted by Crippen LogP contribution is 2.33. The summed E-state index contributed by atoms with van der Waals surface area (Å²) < 4.78 is 38.3. The van der Waals surface area contributed by atoms with Gasteiger partial charge in [-0.15, -0.1) is 0 Å². The standard InChI is InChI=1S/C18H30N2O4S/c1-14-8-5-9-15(2)20(14)13-7-12-19-25(21,22)17-11-6-10-16(23-3)18(17)24-4/h6,10-11,14-15,19H,5,7-9,12-13H2,1-4H3. The highest BCUT2D eigenvalue weighted by molar-refractivity contribution is 7.89. The Kier molecular flexibility index (Phi) is 7.10. The molecule has 1 aromatic carbocycles. The van der Waals surface area contributed by atoms with Gasteiger partial charge in [0.2, 0.25) is 10.0 Å². The van der Waals surface area contributed by atoms with Crippen molar-refractivity contribution in [2.45, 2.75) is 56.5 Å². The number of hydrogen-bond donors (Lipinski definition) is 1. The molecule has 1 aliphatic rings. The van der Waals surface area contributed by atoms with E-state index in [2.05, 4.69) is 23.5 Å². The van der Waals surface area contributed by atoms with Crippen molar-refractivity contribution in [3.63, 3.8) is 0 Å². The van der Waals surface area contributed by atoms with Crippen LogP contribution in [0.4, 0.5) is 0 Å². The summed E-state index contributed by atoms with van der Waals surface area (Å²) in [5, 5.41) is 0. The highest BCUT2D eigenvalue weighted by atomic mass is 32.2. The Balaban J connectivity index is 1.96. The van der Waals surface area contributed by atoms with E-state index in [1.54, 1.807) is 12.1 Å². The van der Waals surface area contributed by atoms with E-state index in [0.717, 1.165) is 13.0 Å². The van der Waals surface area contributed by atoms with Crippen LogP contribution in [0.3, 0.4) is 0 Å². The number of nitrogens with one attached hydrogen (secondary N) is 1. The molecule has 0 amide bonds. The summed E-state index contributed by atoms with van der Waals surface area (Å²) in [4.78, 5) is 2.58. The first-order chi connectivity index (χ1) is 11.9. The Bertz CT molecular complexity index is 653. The number of likely N-dealkylation sites (tertiary alicyclic amines) is 1. The fourth-order valence-electron chi connectivity index (χ4n) is 3.53. The predicted molar refractivity (Wildman–Crippen MR) is 98.8 cm³/mol. The van der Waals surface area contributed by atoms with Crippen molar-refractivity contribution >= 4 is 10.0 Å². The maximum Gasteiger partial charge on any atom is 0.244 e. The van der Waals surface area contributed by atoms with Gasteiger partial charge in [-0.05, 0) is 51.8 Å². The van der Waals surface area contributed by atoms with E-state index in [0.29, 0.717) is 24.4 Å². The molecule has 0 aliphatic carbocycles. The number of para-hydroxylation sites is 1. The van der Waals surface area contributed by atoms with E-state index in [4.69, 9.17) is 9.47 Å². The zero-order valence-electron chi connectivity index (χ0n) is 15.6. The molecule has 1 fully saturated rings. The van der Waals surface area contributed by atoms with Crippen molar-refractivity contribution in [2.75, 3.05) is 27.3 Å². The monoisotopic (exact) mass is 370 g/mol. The average Bonchev–Trinajstić information content (AvgIpc) is 2.59. The second-order valence-electron chi connectivity index (χ2n) is 6.61. The van der Waals surface area contributed by atoms with Crippen molar-refractivity contribution < 1.29 is 17.9 Å². The summed E-state index contributed by atoms with van der Waals surface area (Å²) in [5.74, 6) is 0.636. The topological polar surface area (TPSA) is 67.9 Å². The first kappa shape index (κ1) is 20.0. The number of nitrogens with zero attached hydrogens (tertiary/aromatic N) is 1. The minimum atomic E-state index is -3.64. The molecule has 0 saturated carbocycles. The van der Waals surface area contributed by atoms with Gasteiger partial charge < -0.3 is 9.47 Å². The van der Waals surface area contributed by atoms with E-state index < -0.39 is 10.0 Å². The van der Waals surface area contributed by atoms with Crippen LogP contribution in [-0.4, -0.2) is 52.7 Å². The van der Waals surface area contributed by atoms with Gasteiger partial charge in [0, 0.05) is 18.6 Å². The van der Waals surface area contributed by atoms with Crippen molar-refractivity contribution in [1.82, 2.24) is 9.62 Å². The van der Waals surface area contributed by atoms with Gasteiger partial charge in [0.1, 0.15) is 4.90 Å². The summed E-state index contributed by atoms with van der Waals surface area (Å²) in [6.07, 6.45) is 4.50. The van der Waals surface area contributed by atoms with E-state index in [1.807, 2.05) is 0 Å². The molecule has 0 aromatic heterocycles. The van der Waals surface area contributed by atoms with Crippen molar-refractivity contribution in [3.05, 3.63) is 18.2 Å². The van der Waals surface area contributed by atoms with Gasteiger partial charge in [0.05, 0.1) is 14.2 Å². The molecule has 7 heteroatoms. The lowest BCUT2D eigenvalue weighted by molar-refractivity contribution is 0.103. The number of methoxy groups -OCH3 is 2. The molecular weight excluding hydrogens is 340 g/mol. The number of ether oxygens (including phenoxy) is 2. The maximum absolute atomic E-state index is 12.6. The lowest BCUT2D eigenvalue weighted by Crippen LogP contribution is -2.44. The molecule has 1 N–H and O–H groups in total. The Morgan fingerprint density at radius 2 is 1.84 bits per heavy atom. The quantitative estimate of drug-likeness (QED) is 0.713. The Morgan fingerprint density at radius 1 is 1.16 bits per heavy atom. The molecular formula is C18H30N2O4S. The van der Waals surface area contributed by atoms with Crippen LogP contribution in [-0.2, 0) is 10.0 Å². The Labute approximate surface area is 151 Å². The fourth-order valence-corrected chi connectivity index (χ4v) is 4.78. The Hall–Kier alpha value is -1.31. The summed E-state index contributed by atoms with van der Waals surface area (Å²) in [6, 6.07) is 5.99. The average molecular weight is 371 g/mol. The molecule has 25 heavy (non-hydrogen) atoms. The lowest BCUT2D eigenvalue weighted by atomic mass is 9.97. The maximum atomic E-state index is 12.6. The molecule has 6 nitrogen and oxygen atoms in total. The van der Waals surface area contributed by atoms with Crippen LogP contribution < -0.4 is 14.2 Å². The van der Waals surface area contributed by atoms with E-state index in [1.165, 1.54) is 39.5 Å². The van der Waals surface area contributed by atoms with E-state index >= 15 is 0 Å². The molecule has 2 rings (SSSR count). The van der Waals surface area contributed by atoms with Crippen LogP contribution in [0, 0.1) is 0 Å². The van der Waals surface area contributed by atoms with Gasteiger partial charge in [-0.1, -0.05) is 12.5 Å². The second-order valence-corrected chi connectivity index (χ2v) is 8.35. The van der Waals surface area contributed by atoms with Crippen LogP contribution in [0.2, 0.25) is 0 Å². The number of piperidine rings is 1. The third kappa shape index (κ3) is 4.86. The highest BCUT2D eigenvalue weighted by Gasteiger charge is 2.25. The smallest absolute Gasteiger partial charge is 0.244 e. The molecule has 0 radical (unpaired) electrons. The van der Waals surface area contributed by atoms with Crippen LogP contribution >= 0.6 is 0 Å². The molecule has 2 unspecified atom stereocenters. The SMILES string of the molecule is COc1cccc(S(=O)(=O)NCCCN2C(C)CCCC2C)c1OC. The number of hydrogen-bond acceptors (Lipinski definition) is 5. The minimum absolute atomic E-state index is 0.106. The normalized spacial score (nSPS) is 21.9. The third-order valence-corrected chi connectivity index (χ3v) is 6.40. The molecule has 1 heterocycles. The van der Waals surface area contributed by atoms with E-state index in [9.17, 15) is 8.42 Å². The largest absolute Gasteiger partial charge is 0.493 e.